The van der Waals surface area contributed by atoms with Gasteiger partial charge in [-0.25, -0.2) is 4.98 Å². The van der Waals surface area contributed by atoms with Crippen LogP contribution in [0.3, 0.4) is 0 Å². The van der Waals surface area contributed by atoms with Crippen LogP contribution in [0.5, 0.6) is 0 Å². The number of hydrogen-bond acceptors (Lipinski definition) is 6. The summed E-state index contributed by atoms with van der Waals surface area (Å²) in [5.41, 5.74) is 1.18. The number of aromatic nitrogens is 3. The lowest BCUT2D eigenvalue weighted by molar-refractivity contribution is -0.138. The number of aryl methyl sites for hydroxylation is 1. The van der Waals surface area contributed by atoms with E-state index in [-0.39, 0.29) is 12.6 Å². The second-order valence-electron chi connectivity index (χ2n) is 6.19. The van der Waals surface area contributed by atoms with Crippen molar-refractivity contribution in [3.63, 3.8) is 0 Å². The predicted molar refractivity (Wildman–Crippen MR) is 82.9 cm³/mol. The number of piperidine rings is 1. The van der Waals surface area contributed by atoms with E-state index in [1.54, 1.807) is 0 Å². The molecule has 24 heavy (non-hydrogen) atoms. The minimum Gasteiger partial charge on any atom is -0.356 e. The first-order valence-electron chi connectivity index (χ1n) is 7.94. The van der Waals surface area contributed by atoms with Crippen molar-refractivity contribution in [2.24, 2.45) is 0 Å². The van der Waals surface area contributed by atoms with Crippen LogP contribution < -0.4 is 4.90 Å². The molecule has 0 radical (unpaired) electrons. The third-order valence-electron chi connectivity index (χ3n) is 4.57. The first-order chi connectivity index (χ1) is 11.3. The highest BCUT2D eigenvalue weighted by Crippen LogP contribution is 2.29. The molecule has 0 unspecified atom stereocenters. The van der Waals surface area contributed by atoms with Gasteiger partial charge in [-0.15, -0.1) is 0 Å². The molecule has 0 bridgehead atoms. The molecule has 0 amide bonds. The van der Waals surface area contributed by atoms with Crippen molar-refractivity contribution in [3.05, 3.63) is 12.0 Å². The molecule has 1 aliphatic heterocycles. The average Bonchev–Trinajstić information content (AvgIpc) is 2.94. The molecule has 132 valence electrons. The lowest BCUT2D eigenvalue weighted by Crippen LogP contribution is -2.44. The van der Waals surface area contributed by atoms with Gasteiger partial charge in [-0.05, 0) is 19.8 Å². The fourth-order valence-corrected chi connectivity index (χ4v) is 3.16. The monoisotopic (exact) mass is 343 g/mol. The van der Waals surface area contributed by atoms with Gasteiger partial charge in [0.15, 0.2) is 0 Å². The topological polar surface area (TPSA) is 58.3 Å². The van der Waals surface area contributed by atoms with Crippen LogP contribution in [0.4, 0.5) is 19.0 Å². The van der Waals surface area contributed by atoms with Crippen LogP contribution >= 0.6 is 0 Å². The Labute approximate surface area is 137 Å². The number of rotatable bonds is 4. The fraction of sp³-hybridized carbons (Fsp3) is 0.667. The molecule has 2 aromatic heterocycles. The second kappa shape index (κ2) is 6.54. The molecule has 0 spiro atoms. The maximum absolute atomic E-state index is 12.3. The maximum atomic E-state index is 12.3. The number of nitrogens with zero attached hydrogens (tertiary/aromatic N) is 5. The van der Waals surface area contributed by atoms with Gasteiger partial charge in [-0.2, -0.15) is 18.2 Å². The van der Waals surface area contributed by atoms with Crippen LogP contribution in [-0.4, -0.2) is 58.9 Å². The van der Waals surface area contributed by atoms with Crippen LogP contribution in [-0.2, 0) is 0 Å². The van der Waals surface area contributed by atoms with Crippen molar-refractivity contribution in [2.45, 2.75) is 38.4 Å². The lowest BCUT2D eigenvalue weighted by Gasteiger charge is -2.37. The smallest absolute Gasteiger partial charge is 0.356 e. The van der Waals surface area contributed by atoms with E-state index < -0.39 is 12.6 Å². The Hall–Kier alpha value is -1.90. The van der Waals surface area contributed by atoms with Gasteiger partial charge in [0.05, 0.1) is 12.1 Å². The number of fused-ring (bicyclic) bond motifs is 1. The van der Waals surface area contributed by atoms with Gasteiger partial charge in [0, 0.05) is 32.7 Å². The van der Waals surface area contributed by atoms with Crippen molar-refractivity contribution < 1.29 is 17.7 Å². The Morgan fingerprint density at radius 3 is 2.67 bits per heavy atom. The average molecular weight is 343 g/mol. The van der Waals surface area contributed by atoms with Crippen molar-refractivity contribution in [1.29, 1.82) is 0 Å². The first-order valence-corrected chi connectivity index (χ1v) is 7.94. The van der Waals surface area contributed by atoms with Crippen LogP contribution in [0.15, 0.2) is 10.9 Å². The zero-order valence-corrected chi connectivity index (χ0v) is 13.7. The molecule has 0 aromatic carbocycles. The van der Waals surface area contributed by atoms with E-state index >= 15 is 0 Å². The zero-order chi connectivity index (χ0) is 17.3. The molecular formula is C15H20F3N5O. The lowest BCUT2D eigenvalue weighted by atomic mass is 10.0. The molecular weight excluding hydrogens is 323 g/mol. The van der Waals surface area contributed by atoms with Crippen molar-refractivity contribution >= 4 is 16.9 Å². The molecule has 1 aliphatic rings. The standard InChI is InChI=1S/C15H20F3N5O/c1-10-12-13(19-9-20-14(12)24-21-10)22(2)11-3-6-23(7-4-11)8-5-15(16,17)18/h9,11H,3-8H2,1-2H3. The molecule has 0 saturated carbocycles. The normalized spacial score (nSPS) is 17.5. The molecule has 0 atom stereocenters. The number of anilines is 1. The van der Waals surface area contributed by atoms with Gasteiger partial charge >= 0.3 is 6.18 Å². The van der Waals surface area contributed by atoms with Gasteiger partial charge in [0.1, 0.15) is 17.5 Å². The summed E-state index contributed by atoms with van der Waals surface area (Å²) in [4.78, 5) is 12.4. The van der Waals surface area contributed by atoms with Crippen LogP contribution in [0, 0.1) is 6.92 Å². The maximum Gasteiger partial charge on any atom is 0.390 e. The zero-order valence-electron chi connectivity index (χ0n) is 13.7. The molecule has 0 N–H and O–H groups in total. The predicted octanol–water partition coefficient (Wildman–Crippen LogP) is 2.78. The highest BCUT2D eigenvalue weighted by atomic mass is 19.4. The van der Waals surface area contributed by atoms with Crippen molar-refractivity contribution in [2.75, 3.05) is 31.6 Å². The van der Waals surface area contributed by atoms with E-state index in [2.05, 4.69) is 20.0 Å². The molecule has 1 fully saturated rings. The summed E-state index contributed by atoms with van der Waals surface area (Å²) >= 11 is 0. The summed E-state index contributed by atoms with van der Waals surface area (Å²) in [5, 5.41) is 4.72. The number of hydrogen-bond donors (Lipinski definition) is 0. The molecule has 3 heterocycles. The first kappa shape index (κ1) is 16.9. The van der Waals surface area contributed by atoms with Crippen LogP contribution in [0.25, 0.3) is 11.1 Å². The van der Waals surface area contributed by atoms with Crippen LogP contribution in [0.1, 0.15) is 25.0 Å². The minimum atomic E-state index is -4.09. The molecule has 9 heteroatoms. The molecule has 3 rings (SSSR count). The van der Waals surface area contributed by atoms with Crippen LogP contribution in [0.2, 0.25) is 0 Å². The molecule has 1 saturated heterocycles. The highest BCUT2D eigenvalue weighted by Gasteiger charge is 2.30. The Balaban J connectivity index is 1.65. The number of alkyl halides is 3. The summed E-state index contributed by atoms with van der Waals surface area (Å²) in [6, 6.07) is 0.222. The summed E-state index contributed by atoms with van der Waals surface area (Å²) < 4.78 is 42.2. The third kappa shape index (κ3) is 3.61. The van der Waals surface area contributed by atoms with Gasteiger partial charge in [-0.3, -0.25) is 0 Å². The van der Waals surface area contributed by atoms with Gasteiger partial charge < -0.3 is 14.3 Å². The Kier molecular flexibility index (Phi) is 4.62. The fourth-order valence-electron chi connectivity index (χ4n) is 3.16. The summed E-state index contributed by atoms with van der Waals surface area (Å²) in [5.74, 6) is 0.757. The summed E-state index contributed by atoms with van der Waals surface area (Å²) in [6.07, 6.45) is -1.81. The minimum absolute atomic E-state index is 0.0719. The van der Waals surface area contributed by atoms with Gasteiger partial charge in [0.25, 0.3) is 5.71 Å². The Morgan fingerprint density at radius 2 is 2.00 bits per heavy atom. The van der Waals surface area contributed by atoms with Gasteiger partial charge in [-0.1, -0.05) is 5.16 Å². The van der Waals surface area contributed by atoms with Crippen molar-refractivity contribution in [1.82, 2.24) is 20.0 Å². The van der Waals surface area contributed by atoms with E-state index in [9.17, 15) is 13.2 Å². The number of halogens is 3. The molecule has 0 aliphatic carbocycles. The third-order valence-corrected chi connectivity index (χ3v) is 4.57. The van der Waals surface area contributed by atoms with E-state index in [1.165, 1.54) is 6.33 Å². The molecule has 6 nitrogen and oxygen atoms in total. The number of likely N-dealkylation sites (tertiary alicyclic amines) is 1. The summed E-state index contributed by atoms with van der Waals surface area (Å²) in [7, 11) is 1.95. The molecule has 2 aromatic rings. The summed E-state index contributed by atoms with van der Waals surface area (Å²) in [6.45, 7) is 3.22. The van der Waals surface area contributed by atoms with Crippen molar-refractivity contribution in [3.8, 4) is 0 Å². The Bertz CT molecular complexity index is 694. The highest BCUT2D eigenvalue weighted by molar-refractivity contribution is 5.87. The second-order valence-corrected chi connectivity index (χ2v) is 6.19. The van der Waals surface area contributed by atoms with E-state index in [0.29, 0.717) is 18.8 Å². The van der Waals surface area contributed by atoms with E-state index in [1.807, 2.05) is 18.9 Å². The largest absolute Gasteiger partial charge is 0.390 e. The quantitative estimate of drug-likeness (QED) is 0.851. The Morgan fingerprint density at radius 1 is 1.29 bits per heavy atom. The SMILES string of the molecule is Cc1noc2ncnc(N(C)C3CCN(CCC(F)(F)F)CC3)c12. The van der Waals surface area contributed by atoms with E-state index in [0.717, 1.165) is 29.7 Å². The van der Waals surface area contributed by atoms with E-state index in [4.69, 9.17) is 4.52 Å². The van der Waals surface area contributed by atoms with Gasteiger partial charge in [0.2, 0.25) is 0 Å².